The van der Waals surface area contributed by atoms with Crippen LogP contribution < -0.4 is 5.32 Å². The van der Waals surface area contributed by atoms with Gasteiger partial charge in [0.15, 0.2) is 0 Å². The second kappa shape index (κ2) is 9.49. The second-order valence-corrected chi connectivity index (χ2v) is 5.48. The largest absolute Gasteiger partial charge is 0.381 e. The number of ether oxygens (including phenoxy) is 1. The monoisotopic (exact) mass is 231 g/mol. The van der Waals surface area contributed by atoms with E-state index in [2.05, 4.69) is 24.0 Å². The third-order valence-corrected chi connectivity index (χ3v) is 3.84. The normalized spacial score (nSPS) is 21.0. The fourth-order valence-corrected chi connectivity index (χ4v) is 2.65. The first-order valence-electron chi connectivity index (χ1n) is 6.29. The van der Waals surface area contributed by atoms with Crippen molar-refractivity contribution in [2.75, 3.05) is 37.8 Å². The Morgan fingerprint density at radius 3 is 3.00 bits per heavy atom. The molecule has 15 heavy (non-hydrogen) atoms. The molecule has 0 aromatic carbocycles. The molecule has 0 saturated carbocycles. The predicted octanol–water partition coefficient (Wildman–Crippen LogP) is 2.54. The average molecular weight is 231 g/mol. The van der Waals surface area contributed by atoms with Gasteiger partial charge in [0, 0.05) is 25.4 Å². The van der Waals surface area contributed by atoms with E-state index in [1.807, 2.05) is 0 Å². The van der Waals surface area contributed by atoms with Crippen molar-refractivity contribution in [3.63, 3.8) is 0 Å². The fraction of sp³-hybridized carbons (Fsp3) is 1.00. The lowest BCUT2D eigenvalue weighted by Crippen LogP contribution is -2.25. The number of unbranched alkanes of at least 4 members (excludes halogenated alkanes) is 2. The Labute approximate surface area is 98.5 Å². The molecule has 1 rings (SSSR count). The third kappa shape index (κ3) is 7.20. The summed E-state index contributed by atoms with van der Waals surface area (Å²) in [5, 5.41) is 3.52. The van der Waals surface area contributed by atoms with Crippen LogP contribution in [-0.2, 0) is 4.74 Å². The molecule has 2 nitrogen and oxygen atoms in total. The zero-order valence-corrected chi connectivity index (χ0v) is 10.8. The minimum atomic E-state index is 0.773. The predicted molar refractivity (Wildman–Crippen MR) is 68.6 cm³/mol. The van der Waals surface area contributed by atoms with Gasteiger partial charge < -0.3 is 10.1 Å². The third-order valence-electron chi connectivity index (χ3n) is 2.77. The van der Waals surface area contributed by atoms with E-state index < -0.39 is 0 Å². The molecular formula is C12H25NOS. The van der Waals surface area contributed by atoms with Crippen molar-refractivity contribution in [1.82, 2.24) is 5.32 Å². The molecule has 1 fully saturated rings. The Bertz CT molecular complexity index is 138. The summed E-state index contributed by atoms with van der Waals surface area (Å²) < 4.78 is 5.33. The molecule has 1 N–H and O–H groups in total. The van der Waals surface area contributed by atoms with Crippen molar-refractivity contribution in [1.29, 1.82) is 0 Å². The van der Waals surface area contributed by atoms with Crippen LogP contribution in [0.25, 0.3) is 0 Å². The summed E-state index contributed by atoms with van der Waals surface area (Å²) in [7, 11) is 0. The van der Waals surface area contributed by atoms with Gasteiger partial charge in [0.05, 0.1) is 6.61 Å². The maximum absolute atomic E-state index is 5.33. The first-order chi connectivity index (χ1) is 7.43. The molecule has 90 valence electrons. The Morgan fingerprint density at radius 2 is 2.27 bits per heavy atom. The first-order valence-corrected chi connectivity index (χ1v) is 7.45. The van der Waals surface area contributed by atoms with Gasteiger partial charge in [0.1, 0.15) is 0 Å². The number of hydrogen-bond acceptors (Lipinski definition) is 3. The summed E-state index contributed by atoms with van der Waals surface area (Å²) in [4.78, 5) is 0. The van der Waals surface area contributed by atoms with E-state index in [1.165, 1.54) is 37.2 Å². The SMILES string of the molecule is CCCCCSCCNCC1CCOC1. The number of hydrogen-bond donors (Lipinski definition) is 1. The summed E-state index contributed by atoms with van der Waals surface area (Å²) >= 11 is 2.08. The molecule has 1 unspecified atom stereocenters. The van der Waals surface area contributed by atoms with Gasteiger partial charge >= 0.3 is 0 Å². The molecule has 1 aliphatic heterocycles. The van der Waals surface area contributed by atoms with Gasteiger partial charge in [-0.3, -0.25) is 0 Å². The molecule has 0 spiro atoms. The first kappa shape index (κ1) is 13.3. The number of nitrogens with one attached hydrogen (secondary N) is 1. The molecule has 0 bridgehead atoms. The average Bonchev–Trinajstić information content (AvgIpc) is 2.75. The van der Waals surface area contributed by atoms with E-state index in [0.717, 1.165) is 32.2 Å². The lowest BCUT2D eigenvalue weighted by atomic mass is 10.1. The highest BCUT2D eigenvalue weighted by atomic mass is 32.2. The van der Waals surface area contributed by atoms with Crippen molar-refractivity contribution in [3.8, 4) is 0 Å². The number of rotatable bonds is 9. The van der Waals surface area contributed by atoms with Crippen LogP contribution in [-0.4, -0.2) is 37.8 Å². The maximum atomic E-state index is 5.33. The van der Waals surface area contributed by atoms with Crippen molar-refractivity contribution in [2.45, 2.75) is 32.6 Å². The minimum absolute atomic E-state index is 0.773. The van der Waals surface area contributed by atoms with E-state index >= 15 is 0 Å². The smallest absolute Gasteiger partial charge is 0.0507 e. The molecule has 0 aliphatic carbocycles. The standard InChI is InChI=1S/C12H25NOS/c1-2-3-4-8-15-9-6-13-10-12-5-7-14-11-12/h12-13H,2-11H2,1H3. The van der Waals surface area contributed by atoms with Crippen LogP contribution >= 0.6 is 11.8 Å². The minimum Gasteiger partial charge on any atom is -0.381 e. The van der Waals surface area contributed by atoms with Crippen molar-refractivity contribution in [2.24, 2.45) is 5.92 Å². The Kier molecular flexibility index (Phi) is 8.44. The van der Waals surface area contributed by atoms with Crippen LogP contribution in [0.1, 0.15) is 32.6 Å². The van der Waals surface area contributed by atoms with Gasteiger partial charge in [-0.05, 0) is 24.5 Å². The molecular weight excluding hydrogens is 206 g/mol. The molecule has 1 heterocycles. The van der Waals surface area contributed by atoms with Crippen LogP contribution in [0.5, 0.6) is 0 Å². The summed E-state index contributed by atoms with van der Waals surface area (Å²) in [6.45, 7) is 6.51. The van der Waals surface area contributed by atoms with Gasteiger partial charge in [0.25, 0.3) is 0 Å². The Balaban J connectivity index is 1.73. The number of thioether (sulfide) groups is 1. The molecule has 1 saturated heterocycles. The lowest BCUT2D eigenvalue weighted by molar-refractivity contribution is 0.185. The van der Waals surface area contributed by atoms with Gasteiger partial charge in [-0.15, -0.1) is 0 Å². The van der Waals surface area contributed by atoms with Crippen LogP contribution in [0.2, 0.25) is 0 Å². The highest BCUT2D eigenvalue weighted by Crippen LogP contribution is 2.10. The lowest BCUT2D eigenvalue weighted by Gasteiger charge is -2.08. The summed E-state index contributed by atoms with van der Waals surface area (Å²) in [6, 6.07) is 0. The molecule has 3 heteroatoms. The highest BCUT2D eigenvalue weighted by Gasteiger charge is 2.14. The van der Waals surface area contributed by atoms with Crippen molar-refractivity contribution < 1.29 is 4.74 Å². The zero-order chi connectivity index (χ0) is 10.8. The molecule has 1 aliphatic rings. The Morgan fingerprint density at radius 1 is 1.33 bits per heavy atom. The van der Waals surface area contributed by atoms with E-state index in [9.17, 15) is 0 Å². The molecule has 0 amide bonds. The quantitative estimate of drug-likeness (QED) is 0.616. The molecule has 0 aromatic heterocycles. The highest BCUT2D eigenvalue weighted by molar-refractivity contribution is 7.99. The van der Waals surface area contributed by atoms with Gasteiger partial charge in [-0.1, -0.05) is 19.8 Å². The molecule has 1 atom stereocenters. The van der Waals surface area contributed by atoms with E-state index in [-0.39, 0.29) is 0 Å². The molecule has 0 aromatic rings. The van der Waals surface area contributed by atoms with Crippen molar-refractivity contribution in [3.05, 3.63) is 0 Å². The van der Waals surface area contributed by atoms with Crippen LogP contribution in [0, 0.1) is 5.92 Å². The van der Waals surface area contributed by atoms with Crippen LogP contribution in [0.3, 0.4) is 0 Å². The van der Waals surface area contributed by atoms with Gasteiger partial charge in [-0.25, -0.2) is 0 Å². The second-order valence-electron chi connectivity index (χ2n) is 4.25. The van der Waals surface area contributed by atoms with Gasteiger partial charge in [-0.2, -0.15) is 11.8 Å². The van der Waals surface area contributed by atoms with Crippen molar-refractivity contribution >= 4 is 11.8 Å². The maximum Gasteiger partial charge on any atom is 0.0507 e. The zero-order valence-electron chi connectivity index (χ0n) is 9.96. The van der Waals surface area contributed by atoms with E-state index in [1.54, 1.807) is 0 Å². The van der Waals surface area contributed by atoms with E-state index in [4.69, 9.17) is 4.74 Å². The van der Waals surface area contributed by atoms with Crippen LogP contribution in [0.4, 0.5) is 0 Å². The summed E-state index contributed by atoms with van der Waals surface area (Å²) in [6.07, 6.45) is 5.36. The summed E-state index contributed by atoms with van der Waals surface area (Å²) in [5.74, 6) is 3.37. The topological polar surface area (TPSA) is 21.3 Å². The summed E-state index contributed by atoms with van der Waals surface area (Å²) in [5.41, 5.74) is 0. The fourth-order valence-electron chi connectivity index (χ4n) is 1.75. The van der Waals surface area contributed by atoms with Gasteiger partial charge in [0.2, 0.25) is 0 Å². The Hall–Kier alpha value is 0.270. The van der Waals surface area contributed by atoms with Crippen LogP contribution in [0.15, 0.2) is 0 Å². The van der Waals surface area contributed by atoms with E-state index in [0.29, 0.717) is 0 Å². The molecule has 0 radical (unpaired) electrons.